The van der Waals surface area contributed by atoms with Crippen molar-refractivity contribution in [3.05, 3.63) is 64.1 Å². The molecule has 0 atom stereocenters. The number of hydrogen-bond donors (Lipinski definition) is 0. The van der Waals surface area contributed by atoms with Gasteiger partial charge < -0.3 is 0 Å². The molecule has 0 amide bonds. The highest BCUT2D eigenvalue weighted by molar-refractivity contribution is 9.10. The van der Waals surface area contributed by atoms with Gasteiger partial charge in [0.1, 0.15) is 11.6 Å². The van der Waals surface area contributed by atoms with Crippen molar-refractivity contribution in [3.63, 3.8) is 0 Å². The molecule has 0 fully saturated rings. The summed E-state index contributed by atoms with van der Waals surface area (Å²) in [5.41, 5.74) is 1.55. The van der Waals surface area contributed by atoms with Crippen LogP contribution in [0.5, 0.6) is 0 Å². The van der Waals surface area contributed by atoms with E-state index in [2.05, 4.69) is 20.9 Å². The predicted molar refractivity (Wildman–Crippen MR) is 70.8 cm³/mol. The molecule has 1 heterocycles. The Morgan fingerprint density at radius 1 is 1.22 bits per heavy atom. The predicted octanol–water partition coefficient (Wildman–Crippen LogP) is 3.34. The minimum Gasteiger partial charge on any atom is -0.299 e. The lowest BCUT2D eigenvalue weighted by molar-refractivity contribution is -0.117. The largest absolute Gasteiger partial charge is 0.299 e. The van der Waals surface area contributed by atoms with E-state index < -0.39 is 0 Å². The first-order valence-corrected chi connectivity index (χ1v) is 6.28. The quantitative estimate of drug-likeness (QED) is 0.867. The lowest BCUT2D eigenvalue weighted by atomic mass is 10.0. The van der Waals surface area contributed by atoms with Crippen LogP contribution in [0.15, 0.2) is 47.2 Å². The molecule has 0 radical (unpaired) electrons. The Hall–Kier alpha value is -1.55. The maximum Gasteiger partial charge on any atom is 0.141 e. The number of ketones is 1. The molecule has 2 nitrogen and oxygen atoms in total. The van der Waals surface area contributed by atoms with Crippen LogP contribution in [-0.4, -0.2) is 10.8 Å². The second-order valence-corrected chi connectivity index (χ2v) is 4.95. The van der Waals surface area contributed by atoms with Crippen molar-refractivity contribution < 1.29 is 9.18 Å². The molecule has 0 saturated heterocycles. The van der Waals surface area contributed by atoms with Crippen LogP contribution >= 0.6 is 15.9 Å². The van der Waals surface area contributed by atoms with Crippen LogP contribution in [0, 0.1) is 5.82 Å². The highest BCUT2D eigenvalue weighted by atomic mass is 79.9. The topological polar surface area (TPSA) is 30.0 Å². The van der Waals surface area contributed by atoms with Gasteiger partial charge in [-0.1, -0.05) is 22.0 Å². The van der Waals surface area contributed by atoms with Gasteiger partial charge in [0.25, 0.3) is 0 Å². The van der Waals surface area contributed by atoms with E-state index in [1.54, 1.807) is 24.5 Å². The van der Waals surface area contributed by atoms with Gasteiger partial charge in [0, 0.05) is 29.7 Å². The number of aromatic nitrogens is 1. The monoisotopic (exact) mass is 307 g/mol. The van der Waals surface area contributed by atoms with Crippen LogP contribution < -0.4 is 0 Å². The van der Waals surface area contributed by atoms with Gasteiger partial charge in [0.05, 0.1) is 0 Å². The minimum atomic E-state index is -0.339. The van der Waals surface area contributed by atoms with Gasteiger partial charge in [-0.05, 0) is 35.4 Å². The first-order chi connectivity index (χ1) is 8.63. The van der Waals surface area contributed by atoms with Crippen LogP contribution in [-0.2, 0) is 17.6 Å². The fourth-order valence-corrected chi connectivity index (χ4v) is 2.25. The Balaban J connectivity index is 2.03. The maximum atomic E-state index is 13.2. The Labute approximate surface area is 113 Å². The lowest BCUT2D eigenvalue weighted by Crippen LogP contribution is -2.07. The molecular weight excluding hydrogens is 297 g/mol. The van der Waals surface area contributed by atoms with Crippen molar-refractivity contribution >= 4 is 21.7 Å². The molecule has 18 heavy (non-hydrogen) atoms. The molecule has 0 aliphatic carbocycles. The molecule has 2 aromatic rings. The van der Waals surface area contributed by atoms with E-state index in [0.29, 0.717) is 16.5 Å². The fraction of sp³-hybridized carbons (Fsp3) is 0.143. The van der Waals surface area contributed by atoms with Crippen molar-refractivity contribution in [2.45, 2.75) is 12.8 Å². The van der Waals surface area contributed by atoms with Gasteiger partial charge in [0.2, 0.25) is 0 Å². The summed E-state index contributed by atoms with van der Waals surface area (Å²) in [6, 6.07) is 8.15. The molecule has 0 aliphatic heterocycles. The molecular formula is C14H11BrFNO. The Morgan fingerprint density at radius 2 is 2.00 bits per heavy atom. The third-order valence-corrected chi connectivity index (χ3v) is 2.91. The van der Waals surface area contributed by atoms with E-state index >= 15 is 0 Å². The average molecular weight is 308 g/mol. The SMILES string of the molecule is O=C(Cc1cccnc1)Cc1cc(F)cc(Br)c1. The standard InChI is InChI=1S/C14H11BrFNO/c15-12-4-11(5-13(16)8-12)7-14(18)6-10-2-1-3-17-9-10/h1-5,8-9H,6-7H2. The molecule has 1 aromatic carbocycles. The summed E-state index contributed by atoms with van der Waals surface area (Å²) in [6.07, 6.45) is 3.88. The zero-order valence-electron chi connectivity index (χ0n) is 9.57. The number of Topliss-reactive ketones (excluding diaryl/α,β-unsaturated/α-hetero) is 1. The molecule has 1 aromatic heterocycles. The van der Waals surface area contributed by atoms with Gasteiger partial charge in [-0.15, -0.1) is 0 Å². The average Bonchev–Trinajstić information content (AvgIpc) is 2.28. The number of carbonyl (C=O) groups excluding carboxylic acids is 1. The summed E-state index contributed by atoms with van der Waals surface area (Å²) in [7, 11) is 0. The first kappa shape index (κ1) is 12.9. The number of carbonyl (C=O) groups is 1. The maximum absolute atomic E-state index is 13.2. The van der Waals surface area contributed by atoms with Crippen LogP contribution in [0.4, 0.5) is 4.39 Å². The molecule has 0 bridgehead atoms. The molecule has 0 aliphatic rings. The van der Waals surface area contributed by atoms with Gasteiger partial charge in [-0.3, -0.25) is 9.78 Å². The molecule has 0 saturated carbocycles. The number of rotatable bonds is 4. The van der Waals surface area contributed by atoms with Crippen molar-refractivity contribution in [1.82, 2.24) is 4.98 Å². The molecule has 0 spiro atoms. The highest BCUT2D eigenvalue weighted by Gasteiger charge is 2.07. The Bertz CT molecular complexity index is 537. The Kier molecular flexibility index (Phi) is 4.20. The summed E-state index contributed by atoms with van der Waals surface area (Å²) in [4.78, 5) is 15.8. The minimum absolute atomic E-state index is 0.0421. The molecule has 92 valence electrons. The van der Waals surface area contributed by atoms with E-state index in [0.717, 1.165) is 5.56 Å². The fourth-order valence-electron chi connectivity index (χ4n) is 1.73. The summed E-state index contributed by atoms with van der Waals surface area (Å²) in [5.74, 6) is -0.297. The second kappa shape index (κ2) is 5.87. The third-order valence-electron chi connectivity index (χ3n) is 2.45. The summed E-state index contributed by atoms with van der Waals surface area (Å²) >= 11 is 3.21. The number of nitrogens with zero attached hydrogens (tertiary/aromatic N) is 1. The van der Waals surface area contributed by atoms with E-state index in [9.17, 15) is 9.18 Å². The molecule has 0 unspecified atom stereocenters. The lowest BCUT2D eigenvalue weighted by Gasteiger charge is -2.03. The number of pyridine rings is 1. The summed E-state index contributed by atoms with van der Waals surface area (Å²) < 4.78 is 13.8. The van der Waals surface area contributed by atoms with E-state index in [-0.39, 0.29) is 18.0 Å². The van der Waals surface area contributed by atoms with Crippen LogP contribution in [0.3, 0.4) is 0 Å². The summed E-state index contributed by atoms with van der Waals surface area (Å²) in [5, 5.41) is 0. The second-order valence-electron chi connectivity index (χ2n) is 4.03. The van der Waals surface area contributed by atoms with Crippen LogP contribution in [0.1, 0.15) is 11.1 Å². The van der Waals surface area contributed by atoms with Crippen molar-refractivity contribution in [2.75, 3.05) is 0 Å². The van der Waals surface area contributed by atoms with Gasteiger partial charge in [-0.2, -0.15) is 0 Å². The van der Waals surface area contributed by atoms with Crippen LogP contribution in [0.25, 0.3) is 0 Å². The zero-order valence-corrected chi connectivity index (χ0v) is 11.2. The molecule has 0 N–H and O–H groups in total. The first-order valence-electron chi connectivity index (χ1n) is 5.49. The summed E-state index contributed by atoms with van der Waals surface area (Å²) in [6.45, 7) is 0. The number of benzene rings is 1. The number of hydrogen-bond acceptors (Lipinski definition) is 2. The van der Waals surface area contributed by atoms with E-state index in [1.807, 2.05) is 6.07 Å². The Morgan fingerprint density at radius 3 is 2.67 bits per heavy atom. The normalized spacial score (nSPS) is 10.3. The van der Waals surface area contributed by atoms with Crippen molar-refractivity contribution in [2.24, 2.45) is 0 Å². The van der Waals surface area contributed by atoms with E-state index in [1.165, 1.54) is 12.1 Å². The van der Waals surface area contributed by atoms with Crippen molar-refractivity contribution in [1.29, 1.82) is 0 Å². The molecule has 4 heteroatoms. The van der Waals surface area contributed by atoms with Crippen LogP contribution in [0.2, 0.25) is 0 Å². The van der Waals surface area contributed by atoms with E-state index in [4.69, 9.17) is 0 Å². The van der Waals surface area contributed by atoms with Crippen molar-refractivity contribution in [3.8, 4) is 0 Å². The van der Waals surface area contributed by atoms with Gasteiger partial charge >= 0.3 is 0 Å². The van der Waals surface area contributed by atoms with Gasteiger partial charge in [-0.25, -0.2) is 4.39 Å². The smallest absolute Gasteiger partial charge is 0.141 e. The molecule has 2 rings (SSSR count). The zero-order chi connectivity index (χ0) is 13.0. The highest BCUT2D eigenvalue weighted by Crippen LogP contribution is 2.16. The third kappa shape index (κ3) is 3.74. The van der Waals surface area contributed by atoms with Gasteiger partial charge in [0.15, 0.2) is 0 Å². The number of halogens is 2.